The minimum atomic E-state index is -5.08. The van der Waals surface area contributed by atoms with Crippen molar-refractivity contribution in [2.45, 2.75) is 25.2 Å². The Morgan fingerprint density at radius 2 is 1.90 bits per heavy atom. The lowest BCUT2D eigenvalue weighted by Crippen LogP contribution is -2.38. The van der Waals surface area contributed by atoms with Crippen molar-refractivity contribution in [1.82, 2.24) is 19.7 Å². The fraction of sp³-hybridized carbons (Fsp3) is 0.231. The summed E-state index contributed by atoms with van der Waals surface area (Å²) in [6.07, 6.45) is 0.0194. The predicted octanol–water partition coefficient (Wildman–Crippen LogP) is 5.13. The number of nitrogens with one attached hydrogen (secondary N) is 1. The molecule has 0 aliphatic carbocycles. The quantitative estimate of drug-likeness (QED) is 0.334. The third kappa shape index (κ3) is 6.89. The van der Waals surface area contributed by atoms with Crippen LogP contribution in [0, 0.1) is 5.82 Å². The number of aryl methyl sites for hydroxylation is 1. The zero-order valence-electron chi connectivity index (χ0n) is 20.4. The van der Waals surface area contributed by atoms with Gasteiger partial charge in [0.1, 0.15) is 5.82 Å². The maximum Gasteiger partial charge on any atom is 0.490 e. The van der Waals surface area contributed by atoms with Gasteiger partial charge in [-0.15, -0.1) is 0 Å². The fourth-order valence-electron chi connectivity index (χ4n) is 4.27. The maximum absolute atomic E-state index is 13.8. The number of fused-ring (bicyclic) bond motifs is 2. The summed E-state index contributed by atoms with van der Waals surface area (Å²) < 4.78 is 47.4. The molecule has 8 nitrogen and oxygen atoms in total. The summed E-state index contributed by atoms with van der Waals surface area (Å²) in [6.45, 7) is 1.85. The second-order valence-electron chi connectivity index (χ2n) is 8.89. The monoisotopic (exact) mass is 563 g/mol. The number of carboxylic acid groups (broad SMARTS) is 1. The highest BCUT2D eigenvalue weighted by Gasteiger charge is 2.38. The van der Waals surface area contributed by atoms with Crippen LogP contribution < -0.4 is 5.32 Å². The van der Waals surface area contributed by atoms with Crippen LogP contribution in [-0.4, -0.2) is 49.4 Å². The number of aliphatic carboxylic acids is 1. The van der Waals surface area contributed by atoms with E-state index < -0.39 is 18.1 Å². The molecule has 13 heteroatoms. The van der Waals surface area contributed by atoms with E-state index in [1.807, 2.05) is 37.5 Å². The molecule has 2 N–H and O–H groups in total. The van der Waals surface area contributed by atoms with Gasteiger partial charge in [0.2, 0.25) is 5.91 Å². The molecule has 4 aromatic rings. The van der Waals surface area contributed by atoms with E-state index in [9.17, 15) is 22.4 Å². The first-order valence-corrected chi connectivity index (χ1v) is 11.9. The Bertz CT molecular complexity index is 1530. The normalized spacial score (nSPS) is 15.3. The lowest BCUT2D eigenvalue weighted by molar-refractivity contribution is -0.192. The smallest absolute Gasteiger partial charge is 0.475 e. The second kappa shape index (κ2) is 11.4. The Hall–Kier alpha value is -4.03. The molecule has 1 unspecified atom stereocenters. The van der Waals surface area contributed by atoms with Gasteiger partial charge in [0.05, 0.1) is 23.5 Å². The Morgan fingerprint density at radius 1 is 1.15 bits per heavy atom. The molecular weight excluding hydrogens is 542 g/mol. The third-order valence-corrected chi connectivity index (χ3v) is 6.25. The summed E-state index contributed by atoms with van der Waals surface area (Å²) >= 11 is 6.26. The van der Waals surface area contributed by atoms with Crippen LogP contribution in [0.15, 0.2) is 61.1 Å². The number of amides is 1. The molecule has 3 heterocycles. The minimum absolute atomic E-state index is 0.183. The van der Waals surface area contributed by atoms with Crippen LogP contribution in [0.5, 0.6) is 0 Å². The van der Waals surface area contributed by atoms with E-state index in [4.69, 9.17) is 21.5 Å². The van der Waals surface area contributed by atoms with Crippen LogP contribution in [0.3, 0.4) is 0 Å². The number of halogens is 5. The van der Waals surface area contributed by atoms with Gasteiger partial charge >= 0.3 is 12.1 Å². The van der Waals surface area contributed by atoms with Crippen LogP contribution >= 0.6 is 11.6 Å². The van der Waals surface area contributed by atoms with Gasteiger partial charge in [0.15, 0.2) is 0 Å². The summed E-state index contributed by atoms with van der Waals surface area (Å²) in [5.41, 5.74) is 3.39. The zero-order chi connectivity index (χ0) is 28.3. The number of alkyl halides is 3. The number of rotatable bonds is 4. The molecule has 5 rings (SSSR count). The Balaban J connectivity index is 0.000000448. The maximum atomic E-state index is 13.8. The highest BCUT2D eigenvalue weighted by molar-refractivity contribution is 6.30. The molecule has 1 atom stereocenters. The number of carboxylic acids is 1. The van der Waals surface area contributed by atoms with Crippen molar-refractivity contribution in [3.63, 3.8) is 0 Å². The number of hydrogen-bond donors (Lipinski definition) is 2. The molecule has 0 radical (unpaired) electrons. The molecule has 1 amide bonds. The summed E-state index contributed by atoms with van der Waals surface area (Å²) in [5, 5.41) is 16.5. The zero-order valence-corrected chi connectivity index (χ0v) is 21.2. The highest BCUT2D eigenvalue weighted by atomic mass is 35.5. The first kappa shape index (κ1) is 28.0. The molecule has 0 saturated heterocycles. The van der Waals surface area contributed by atoms with E-state index in [0.717, 1.165) is 22.2 Å². The number of nitrogens with zero attached hydrogens (tertiary/aromatic N) is 4. The number of carbonyl (C=O) groups excluding carboxylic acids is 1. The summed E-state index contributed by atoms with van der Waals surface area (Å²) in [6, 6.07) is 12.1. The van der Waals surface area contributed by atoms with Crippen molar-refractivity contribution in [3.05, 3.63) is 88.7 Å². The molecule has 1 aliphatic heterocycles. The summed E-state index contributed by atoms with van der Waals surface area (Å²) in [5.74, 6) is -3.74. The fourth-order valence-corrected chi connectivity index (χ4v) is 4.45. The number of aromatic nitrogens is 3. The van der Waals surface area contributed by atoms with E-state index in [2.05, 4.69) is 20.3 Å². The van der Waals surface area contributed by atoms with Crippen molar-refractivity contribution in [1.29, 1.82) is 0 Å². The predicted molar refractivity (Wildman–Crippen MR) is 136 cm³/mol. The van der Waals surface area contributed by atoms with Gasteiger partial charge in [-0.1, -0.05) is 17.7 Å². The van der Waals surface area contributed by atoms with Gasteiger partial charge in [0, 0.05) is 54.9 Å². The molecule has 1 aliphatic rings. The minimum Gasteiger partial charge on any atom is -0.475 e. The lowest BCUT2D eigenvalue weighted by Gasteiger charge is -2.33. The van der Waals surface area contributed by atoms with E-state index in [1.165, 1.54) is 12.1 Å². The lowest BCUT2D eigenvalue weighted by atomic mass is 9.88. The number of carbonyl (C=O) groups is 2. The third-order valence-electron chi connectivity index (χ3n) is 6.01. The molecule has 2 aromatic carbocycles. The van der Waals surface area contributed by atoms with Crippen molar-refractivity contribution in [2.75, 3.05) is 11.9 Å². The topological polar surface area (TPSA) is 100 Å². The Morgan fingerprint density at radius 3 is 2.56 bits per heavy atom. The van der Waals surface area contributed by atoms with E-state index >= 15 is 0 Å². The molecule has 204 valence electrons. The SMILES string of the molecule is Cn1ccc(CN2Cc3ccc(Cl)cc3C(C(=O)Nc3cncc4ccc(F)cc34)C2)n1.O=C(O)C(F)(F)F. The number of hydrogen-bond acceptors (Lipinski definition) is 5. The van der Waals surface area contributed by atoms with Crippen molar-refractivity contribution in [3.8, 4) is 0 Å². The Kier molecular flexibility index (Phi) is 8.17. The van der Waals surface area contributed by atoms with Crippen LogP contribution in [0.25, 0.3) is 10.8 Å². The molecular formula is C26H22ClF4N5O3. The van der Waals surface area contributed by atoms with E-state index in [1.54, 1.807) is 23.1 Å². The van der Waals surface area contributed by atoms with Crippen molar-refractivity contribution >= 4 is 39.9 Å². The largest absolute Gasteiger partial charge is 0.490 e. The van der Waals surface area contributed by atoms with E-state index in [-0.39, 0.29) is 11.7 Å². The first-order chi connectivity index (χ1) is 18.4. The number of pyridine rings is 1. The van der Waals surface area contributed by atoms with Gasteiger partial charge in [-0.25, -0.2) is 9.18 Å². The molecule has 39 heavy (non-hydrogen) atoms. The molecule has 0 saturated carbocycles. The first-order valence-electron chi connectivity index (χ1n) is 11.5. The van der Waals surface area contributed by atoms with Gasteiger partial charge in [0.25, 0.3) is 0 Å². The van der Waals surface area contributed by atoms with Gasteiger partial charge in [-0.2, -0.15) is 18.3 Å². The van der Waals surface area contributed by atoms with Crippen molar-refractivity contribution in [2.24, 2.45) is 7.05 Å². The molecule has 0 bridgehead atoms. The van der Waals surface area contributed by atoms with Gasteiger partial charge in [-0.05, 0) is 47.5 Å². The second-order valence-corrected chi connectivity index (χ2v) is 9.33. The van der Waals surface area contributed by atoms with Crippen LogP contribution in [0.2, 0.25) is 5.02 Å². The van der Waals surface area contributed by atoms with E-state index in [0.29, 0.717) is 35.7 Å². The summed E-state index contributed by atoms with van der Waals surface area (Å²) in [7, 11) is 1.88. The number of anilines is 1. The van der Waals surface area contributed by atoms with Crippen LogP contribution in [-0.2, 0) is 29.7 Å². The standard InChI is InChI=1S/C24H21ClFN5O.C2HF3O2/c1-30-7-6-19(29-30)13-31-12-16-2-4-17(25)8-20(16)22(14-31)24(32)28-23-11-27-10-15-3-5-18(26)9-21(15)23;3-2(4,5)1(6)7/h2-11,22H,12-14H2,1H3,(H,28,32);(H,6,7). The van der Waals surface area contributed by atoms with Crippen molar-refractivity contribution < 1.29 is 32.3 Å². The average molecular weight is 564 g/mol. The van der Waals surface area contributed by atoms with Gasteiger partial charge in [-0.3, -0.25) is 19.4 Å². The average Bonchev–Trinajstić information content (AvgIpc) is 3.28. The number of benzene rings is 2. The van der Waals surface area contributed by atoms with Gasteiger partial charge < -0.3 is 10.4 Å². The Labute approximate surface area is 224 Å². The molecule has 0 spiro atoms. The molecule has 2 aromatic heterocycles. The highest BCUT2D eigenvalue weighted by Crippen LogP contribution is 2.33. The summed E-state index contributed by atoms with van der Waals surface area (Å²) in [4.78, 5) is 28.7. The van der Waals surface area contributed by atoms with Crippen LogP contribution in [0.4, 0.5) is 23.2 Å². The van der Waals surface area contributed by atoms with Crippen LogP contribution in [0.1, 0.15) is 22.7 Å². The molecule has 0 fully saturated rings.